The van der Waals surface area contributed by atoms with Crippen molar-refractivity contribution in [3.63, 3.8) is 0 Å². The molecule has 0 fully saturated rings. The highest BCUT2D eigenvalue weighted by Crippen LogP contribution is 2.30. The fourth-order valence-corrected chi connectivity index (χ4v) is 3.09. The van der Waals surface area contributed by atoms with Crippen molar-refractivity contribution in [2.75, 3.05) is 18.5 Å². The van der Waals surface area contributed by atoms with E-state index in [0.717, 1.165) is 35.7 Å². The van der Waals surface area contributed by atoms with Crippen LogP contribution in [0.15, 0.2) is 53.5 Å². The lowest BCUT2D eigenvalue weighted by Crippen LogP contribution is -2.20. The maximum absolute atomic E-state index is 12.7. The third-order valence-corrected chi connectivity index (χ3v) is 4.07. The van der Waals surface area contributed by atoms with Crippen LogP contribution in [0, 0.1) is 0 Å². The van der Waals surface area contributed by atoms with Crippen LogP contribution in [0.5, 0.6) is 0 Å². The Morgan fingerprint density at radius 2 is 1.90 bits per heavy atom. The highest BCUT2D eigenvalue weighted by atomic mass is 16.1. The van der Waals surface area contributed by atoms with Crippen molar-refractivity contribution in [3.8, 4) is 5.69 Å². The van der Waals surface area contributed by atoms with Crippen molar-refractivity contribution in [1.82, 2.24) is 9.55 Å². The molecule has 0 radical (unpaired) electrons. The molecule has 0 spiro atoms. The molecular weight excluding hydrogens is 262 g/mol. The number of para-hydroxylation sites is 1. The first-order valence-electron chi connectivity index (χ1n) is 7.06. The predicted molar refractivity (Wildman–Crippen MR) is 84.3 cm³/mol. The summed E-state index contributed by atoms with van der Waals surface area (Å²) < 4.78 is 2.10. The first-order valence-corrected chi connectivity index (χ1v) is 7.06. The van der Waals surface area contributed by atoms with Gasteiger partial charge in [-0.3, -0.25) is 9.36 Å². The number of hydrogen-bond donors (Lipinski definition) is 0. The molecule has 4 rings (SSSR count). The number of fused-ring (bicyclic) bond motifs is 2. The highest BCUT2D eigenvalue weighted by Gasteiger charge is 2.25. The van der Waals surface area contributed by atoms with Crippen molar-refractivity contribution in [2.45, 2.75) is 6.42 Å². The van der Waals surface area contributed by atoms with Gasteiger partial charge >= 0.3 is 0 Å². The van der Waals surface area contributed by atoms with Gasteiger partial charge in [-0.05, 0) is 30.7 Å². The molecule has 3 heterocycles. The monoisotopic (exact) mass is 277 g/mol. The topological polar surface area (TPSA) is 38.1 Å². The summed E-state index contributed by atoms with van der Waals surface area (Å²) in [5.74, 6) is 0.970. The Morgan fingerprint density at radius 3 is 2.71 bits per heavy atom. The Balaban J connectivity index is 2.21. The van der Waals surface area contributed by atoms with Gasteiger partial charge in [0.25, 0.3) is 0 Å². The average Bonchev–Trinajstić information content (AvgIpc) is 2.91. The molecule has 4 nitrogen and oxygen atoms in total. The number of aromatic nitrogens is 2. The second-order valence-corrected chi connectivity index (χ2v) is 5.35. The van der Waals surface area contributed by atoms with E-state index in [1.165, 1.54) is 0 Å². The van der Waals surface area contributed by atoms with E-state index in [-0.39, 0.29) is 5.43 Å². The molecule has 104 valence electrons. The van der Waals surface area contributed by atoms with E-state index in [9.17, 15) is 4.79 Å². The van der Waals surface area contributed by atoms with Gasteiger partial charge in [0.2, 0.25) is 0 Å². The van der Waals surface area contributed by atoms with Crippen LogP contribution in [0.2, 0.25) is 0 Å². The van der Waals surface area contributed by atoms with Gasteiger partial charge in [0.05, 0.1) is 5.39 Å². The van der Waals surface area contributed by atoms with Crippen molar-refractivity contribution >= 4 is 16.9 Å². The maximum Gasteiger partial charge on any atom is 0.196 e. The second-order valence-electron chi connectivity index (χ2n) is 5.35. The summed E-state index contributed by atoms with van der Waals surface area (Å²) in [4.78, 5) is 19.3. The molecule has 0 atom stereocenters. The van der Waals surface area contributed by atoms with Crippen LogP contribution in [0.1, 0.15) is 5.56 Å². The molecule has 3 aromatic rings. The van der Waals surface area contributed by atoms with E-state index in [4.69, 9.17) is 0 Å². The normalized spacial score (nSPS) is 13.7. The van der Waals surface area contributed by atoms with Crippen LogP contribution in [0.3, 0.4) is 0 Å². The Kier molecular flexibility index (Phi) is 2.57. The van der Waals surface area contributed by atoms with Crippen LogP contribution in [0.25, 0.3) is 16.7 Å². The minimum atomic E-state index is 0.115. The van der Waals surface area contributed by atoms with Gasteiger partial charge in [-0.15, -0.1) is 0 Å². The van der Waals surface area contributed by atoms with Crippen LogP contribution in [-0.4, -0.2) is 23.1 Å². The van der Waals surface area contributed by atoms with Crippen molar-refractivity contribution in [1.29, 1.82) is 0 Å². The fraction of sp³-hybridized carbons (Fsp3) is 0.176. The molecule has 1 aliphatic rings. The molecular formula is C17H15N3O. The lowest BCUT2D eigenvalue weighted by molar-refractivity contribution is 0.923. The molecule has 0 unspecified atom stereocenters. The number of hydrogen-bond acceptors (Lipinski definition) is 3. The number of rotatable bonds is 1. The van der Waals surface area contributed by atoms with E-state index in [0.29, 0.717) is 5.39 Å². The molecule has 0 amide bonds. The van der Waals surface area contributed by atoms with Crippen LogP contribution in [0.4, 0.5) is 5.82 Å². The van der Waals surface area contributed by atoms with E-state index >= 15 is 0 Å². The molecule has 0 N–H and O–H groups in total. The summed E-state index contributed by atoms with van der Waals surface area (Å²) in [6, 6.07) is 13.8. The maximum atomic E-state index is 12.7. The molecule has 0 bridgehead atoms. The number of nitrogens with zero attached hydrogens (tertiary/aromatic N) is 3. The van der Waals surface area contributed by atoms with E-state index < -0.39 is 0 Å². The average molecular weight is 277 g/mol. The van der Waals surface area contributed by atoms with Gasteiger partial charge in [0.1, 0.15) is 11.5 Å². The standard InChI is InChI=1S/C17H15N3O/c1-19-11-9-14-15(21)13-8-5-10-18-16(13)20(17(14)19)12-6-3-2-4-7-12/h2-8,10H,9,11H2,1H3. The summed E-state index contributed by atoms with van der Waals surface area (Å²) in [5, 5.41) is 0.690. The summed E-state index contributed by atoms with van der Waals surface area (Å²) in [7, 11) is 2.03. The quantitative estimate of drug-likeness (QED) is 0.685. The van der Waals surface area contributed by atoms with Crippen molar-refractivity contribution in [2.24, 2.45) is 0 Å². The van der Waals surface area contributed by atoms with Gasteiger partial charge in [-0.2, -0.15) is 0 Å². The molecule has 1 aliphatic heterocycles. The summed E-state index contributed by atoms with van der Waals surface area (Å²) in [5.41, 5.74) is 2.76. The third kappa shape index (κ3) is 1.69. The molecule has 0 saturated carbocycles. The zero-order valence-corrected chi connectivity index (χ0v) is 11.8. The largest absolute Gasteiger partial charge is 0.360 e. The predicted octanol–water partition coefficient (Wildman–Crippen LogP) is 2.38. The number of pyridine rings is 2. The number of anilines is 1. The zero-order chi connectivity index (χ0) is 14.4. The third-order valence-electron chi connectivity index (χ3n) is 4.07. The zero-order valence-electron chi connectivity index (χ0n) is 11.8. The lowest BCUT2D eigenvalue weighted by Gasteiger charge is -2.21. The Bertz CT molecular complexity index is 884. The van der Waals surface area contributed by atoms with Gasteiger partial charge in [-0.1, -0.05) is 18.2 Å². The van der Waals surface area contributed by atoms with E-state index in [1.807, 2.05) is 49.5 Å². The molecule has 0 aliphatic carbocycles. The molecule has 1 aromatic carbocycles. The molecule has 2 aromatic heterocycles. The van der Waals surface area contributed by atoms with Gasteiger partial charge < -0.3 is 4.90 Å². The van der Waals surface area contributed by atoms with Gasteiger partial charge in [0.15, 0.2) is 5.43 Å². The Hall–Kier alpha value is -2.62. The molecule has 0 saturated heterocycles. The number of likely N-dealkylation sites (N-methyl/N-ethyl adjacent to an activating group) is 1. The van der Waals surface area contributed by atoms with E-state index in [2.05, 4.69) is 14.5 Å². The first kappa shape index (κ1) is 12.1. The van der Waals surface area contributed by atoms with Crippen molar-refractivity contribution < 1.29 is 0 Å². The highest BCUT2D eigenvalue weighted by molar-refractivity contribution is 5.82. The molecule has 21 heavy (non-hydrogen) atoms. The van der Waals surface area contributed by atoms with E-state index in [1.54, 1.807) is 6.20 Å². The summed E-state index contributed by atoms with van der Waals surface area (Å²) in [6.45, 7) is 0.869. The minimum absolute atomic E-state index is 0.115. The van der Waals surface area contributed by atoms with Crippen LogP contribution < -0.4 is 10.3 Å². The fourth-order valence-electron chi connectivity index (χ4n) is 3.09. The SMILES string of the molecule is CN1CCc2c1n(-c1ccccc1)c1ncccc1c2=O. The van der Waals surface area contributed by atoms with Gasteiger partial charge in [-0.25, -0.2) is 4.98 Å². The van der Waals surface area contributed by atoms with Crippen molar-refractivity contribution in [3.05, 3.63) is 64.4 Å². The number of benzene rings is 1. The summed E-state index contributed by atoms with van der Waals surface area (Å²) >= 11 is 0. The Labute approximate surface area is 122 Å². The van der Waals surface area contributed by atoms with Gasteiger partial charge in [0, 0.05) is 31.0 Å². The Morgan fingerprint density at radius 1 is 1.10 bits per heavy atom. The lowest BCUT2D eigenvalue weighted by atomic mass is 10.1. The van der Waals surface area contributed by atoms with Crippen LogP contribution >= 0.6 is 0 Å². The van der Waals surface area contributed by atoms with Crippen LogP contribution in [-0.2, 0) is 6.42 Å². The smallest absolute Gasteiger partial charge is 0.196 e. The first-order chi connectivity index (χ1) is 10.3. The second kappa shape index (κ2) is 4.45. The molecule has 4 heteroatoms. The minimum Gasteiger partial charge on any atom is -0.360 e. The summed E-state index contributed by atoms with van der Waals surface area (Å²) in [6.07, 6.45) is 2.53.